The van der Waals surface area contributed by atoms with Gasteiger partial charge in [0.25, 0.3) is 0 Å². The first-order valence-electron chi connectivity index (χ1n) is 12.6. The topological polar surface area (TPSA) is 77.8 Å². The van der Waals surface area contributed by atoms with Crippen LogP contribution in [-0.2, 0) is 14.3 Å². The van der Waals surface area contributed by atoms with Gasteiger partial charge in [-0.2, -0.15) is 0 Å². The Hall–Kier alpha value is -3.28. The predicted molar refractivity (Wildman–Crippen MR) is 134 cm³/mol. The number of hydrogen-bond acceptors (Lipinski definition) is 6. The molecule has 1 fully saturated rings. The molecule has 6 heteroatoms. The molecule has 0 N–H and O–H groups in total. The summed E-state index contributed by atoms with van der Waals surface area (Å²) in [6.45, 7) is 1.90. The molecule has 0 spiro atoms. The fraction of sp³-hybridized carbons (Fsp3) is 0.448. The molecule has 1 aliphatic heterocycles. The molecule has 0 bridgehead atoms. The van der Waals surface area contributed by atoms with Gasteiger partial charge in [0, 0.05) is 41.7 Å². The van der Waals surface area contributed by atoms with Gasteiger partial charge in [0.05, 0.1) is 7.11 Å². The van der Waals surface area contributed by atoms with Gasteiger partial charge in [-0.05, 0) is 80.3 Å². The van der Waals surface area contributed by atoms with E-state index in [4.69, 9.17) is 14.5 Å². The second-order valence-corrected chi connectivity index (χ2v) is 9.85. The maximum Gasteiger partial charge on any atom is 0.315 e. The number of ether oxygens (including phenoxy) is 2. The number of methoxy groups -OCH3 is 1. The van der Waals surface area contributed by atoms with Gasteiger partial charge in [-0.15, -0.1) is 0 Å². The first-order chi connectivity index (χ1) is 17.0. The fourth-order valence-electron chi connectivity index (χ4n) is 5.83. The highest BCUT2D eigenvalue weighted by Gasteiger charge is 2.45. The number of hydrogen-bond donors (Lipinski definition) is 0. The Morgan fingerprint density at radius 1 is 0.943 bits per heavy atom. The van der Waals surface area contributed by atoms with Gasteiger partial charge in [-0.3, -0.25) is 19.6 Å². The summed E-state index contributed by atoms with van der Waals surface area (Å²) in [5.74, 6) is -0.366. The number of carbonyl (C=O) groups is 2. The van der Waals surface area contributed by atoms with Crippen molar-refractivity contribution in [1.82, 2.24) is 4.98 Å². The molecule has 182 valence electrons. The monoisotopic (exact) mass is 472 g/mol. The van der Waals surface area contributed by atoms with Gasteiger partial charge < -0.3 is 9.47 Å². The van der Waals surface area contributed by atoms with Crippen LogP contribution in [0.2, 0.25) is 0 Å². The molecule has 1 aromatic heterocycles. The molecule has 0 radical (unpaired) electrons. The largest absolute Gasteiger partial charge is 0.497 e. The normalized spacial score (nSPS) is 25.0. The van der Waals surface area contributed by atoms with E-state index in [9.17, 15) is 9.59 Å². The Bertz CT molecular complexity index is 1150. The summed E-state index contributed by atoms with van der Waals surface area (Å²) in [4.78, 5) is 36.2. The van der Waals surface area contributed by atoms with Crippen molar-refractivity contribution in [3.63, 3.8) is 0 Å². The number of benzene rings is 1. The standard InChI is InChI=1S/C29H32N2O4/c1-18-26(29(33)35-23-6-4-3-5-7-23)27(20-12-14-30-15-13-20)28-24(31-18)16-21(17-25(28)32)19-8-10-22(34-2)11-9-19/h8-15,21,23,26-27H,3-7,16-17H2,1-2H3/t21-,26?,27+/m1/s1. The van der Waals surface area contributed by atoms with Crippen molar-refractivity contribution < 1.29 is 19.1 Å². The first kappa shape index (κ1) is 23.5. The van der Waals surface area contributed by atoms with Gasteiger partial charge in [0.15, 0.2) is 5.78 Å². The van der Waals surface area contributed by atoms with Crippen molar-refractivity contribution in [2.45, 2.75) is 69.8 Å². The number of carbonyl (C=O) groups excluding carboxylic acids is 2. The van der Waals surface area contributed by atoms with E-state index in [1.807, 2.05) is 43.3 Å². The van der Waals surface area contributed by atoms with E-state index >= 15 is 0 Å². The lowest BCUT2D eigenvalue weighted by atomic mass is 9.69. The lowest BCUT2D eigenvalue weighted by Crippen LogP contribution is -2.39. The van der Waals surface area contributed by atoms with Crippen LogP contribution < -0.4 is 4.74 Å². The fourth-order valence-corrected chi connectivity index (χ4v) is 5.83. The molecule has 2 aromatic rings. The van der Waals surface area contributed by atoms with E-state index in [1.165, 1.54) is 6.42 Å². The Morgan fingerprint density at radius 3 is 2.34 bits per heavy atom. The zero-order valence-electron chi connectivity index (χ0n) is 20.4. The zero-order chi connectivity index (χ0) is 24.4. The minimum atomic E-state index is -0.598. The average molecular weight is 473 g/mol. The highest BCUT2D eigenvalue weighted by molar-refractivity contribution is 6.09. The number of pyridine rings is 1. The molecule has 0 amide bonds. The Labute approximate surface area is 206 Å². The molecule has 1 unspecified atom stereocenters. The molecule has 2 aliphatic carbocycles. The van der Waals surface area contributed by atoms with E-state index in [1.54, 1.807) is 19.5 Å². The van der Waals surface area contributed by atoms with E-state index < -0.39 is 11.8 Å². The highest BCUT2D eigenvalue weighted by atomic mass is 16.5. The molecular formula is C29H32N2O4. The summed E-state index contributed by atoms with van der Waals surface area (Å²) in [5, 5.41) is 0. The molecular weight excluding hydrogens is 440 g/mol. The van der Waals surface area contributed by atoms with Crippen LogP contribution in [0, 0.1) is 5.92 Å². The highest BCUT2D eigenvalue weighted by Crippen LogP contribution is 2.47. The van der Waals surface area contributed by atoms with Crippen LogP contribution in [0.5, 0.6) is 5.75 Å². The van der Waals surface area contributed by atoms with Crippen LogP contribution in [0.25, 0.3) is 0 Å². The van der Waals surface area contributed by atoms with Crippen LogP contribution in [0.3, 0.4) is 0 Å². The van der Waals surface area contributed by atoms with Crippen molar-refractivity contribution in [3.8, 4) is 5.75 Å². The minimum absolute atomic E-state index is 0.0426. The maximum absolute atomic E-state index is 13.7. The Balaban J connectivity index is 1.49. The van der Waals surface area contributed by atoms with Crippen LogP contribution in [0.4, 0.5) is 0 Å². The van der Waals surface area contributed by atoms with Crippen LogP contribution in [0.1, 0.15) is 74.8 Å². The Kier molecular flexibility index (Phi) is 6.80. The molecule has 35 heavy (non-hydrogen) atoms. The summed E-state index contributed by atoms with van der Waals surface area (Å²) in [5.41, 5.74) is 4.18. The number of allylic oxidation sites excluding steroid dienone is 2. The first-order valence-corrected chi connectivity index (χ1v) is 12.6. The number of ketones is 1. The summed E-state index contributed by atoms with van der Waals surface area (Å²) in [7, 11) is 1.64. The maximum atomic E-state index is 13.7. The molecule has 5 rings (SSSR count). The summed E-state index contributed by atoms with van der Waals surface area (Å²) in [6, 6.07) is 11.7. The summed E-state index contributed by atoms with van der Waals surface area (Å²) >= 11 is 0. The van der Waals surface area contributed by atoms with Gasteiger partial charge in [0.1, 0.15) is 17.8 Å². The lowest BCUT2D eigenvalue weighted by Gasteiger charge is -2.37. The van der Waals surface area contributed by atoms with Crippen LogP contribution >= 0.6 is 0 Å². The van der Waals surface area contributed by atoms with E-state index in [2.05, 4.69) is 4.98 Å². The van der Waals surface area contributed by atoms with Crippen molar-refractivity contribution >= 4 is 17.5 Å². The van der Waals surface area contributed by atoms with E-state index in [0.29, 0.717) is 18.4 Å². The van der Waals surface area contributed by atoms with Crippen LogP contribution in [-0.4, -0.2) is 35.7 Å². The number of Topliss-reactive ketones (excluding diaryl/α,β-unsaturated/α-hetero) is 1. The molecule has 1 aromatic carbocycles. The third-order valence-electron chi connectivity index (χ3n) is 7.63. The van der Waals surface area contributed by atoms with Crippen molar-refractivity contribution in [2.24, 2.45) is 10.9 Å². The quantitative estimate of drug-likeness (QED) is 0.534. The van der Waals surface area contributed by atoms with Crippen molar-refractivity contribution in [2.75, 3.05) is 7.11 Å². The second kappa shape index (κ2) is 10.1. The van der Waals surface area contributed by atoms with Gasteiger partial charge >= 0.3 is 5.97 Å². The van der Waals surface area contributed by atoms with Gasteiger partial charge in [-0.25, -0.2) is 0 Å². The number of aromatic nitrogens is 1. The molecule has 0 saturated heterocycles. The van der Waals surface area contributed by atoms with Gasteiger partial charge in [0.2, 0.25) is 0 Å². The molecule has 3 atom stereocenters. The van der Waals surface area contributed by atoms with Crippen molar-refractivity contribution in [3.05, 3.63) is 71.2 Å². The molecule has 6 nitrogen and oxygen atoms in total. The lowest BCUT2D eigenvalue weighted by molar-refractivity contribution is -0.153. The molecule has 2 heterocycles. The van der Waals surface area contributed by atoms with E-state index in [0.717, 1.165) is 54.0 Å². The number of nitrogens with zero attached hydrogens (tertiary/aromatic N) is 2. The SMILES string of the molecule is COc1ccc([C@H]2CC(=O)C3=C(C2)N=C(C)C(C(=O)OC2CCCCC2)[C@@H]3c2ccncc2)cc1. The third-order valence-corrected chi connectivity index (χ3v) is 7.63. The number of esters is 1. The second-order valence-electron chi connectivity index (χ2n) is 9.85. The van der Waals surface area contributed by atoms with Crippen LogP contribution in [0.15, 0.2) is 65.1 Å². The number of rotatable bonds is 5. The van der Waals surface area contributed by atoms with E-state index in [-0.39, 0.29) is 23.8 Å². The third kappa shape index (κ3) is 4.79. The van der Waals surface area contributed by atoms with Gasteiger partial charge in [-0.1, -0.05) is 18.6 Å². The zero-order valence-corrected chi connectivity index (χ0v) is 20.4. The smallest absolute Gasteiger partial charge is 0.315 e. The number of aliphatic imine (C=N–C) groups is 1. The van der Waals surface area contributed by atoms with Crippen molar-refractivity contribution in [1.29, 1.82) is 0 Å². The predicted octanol–water partition coefficient (Wildman–Crippen LogP) is 5.54. The minimum Gasteiger partial charge on any atom is -0.497 e. The average Bonchev–Trinajstić information content (AvgIpc) is 2.88. The molecule has 3 aliphatic rings. The summed E-state index contributed by atoms with van der Waals surface area (Å²) < 4.78 is 11.3. The summed E-state index contributed by atoms with van der Waals surface area (Å²) in [6.07, 6.45) is 9.63. The Morgan fingerprint density at radius 2 is 1.66 bits per heavy atom. The molecule has 1 saturated carbocycles.